The highest BCUT2D eigenvalue weighted by Crippen LogP contribution is 2.59. The quantitative estimate of drug-likeness (QED) is 0.142. The average Bonchev–Trinajstić information content (AvgIpc) is 3.55. The van der Waals surface area contributed by atoms with Gasteiger partial charge in [-0.15, -0.1) is 23.2 Å². The minimum Gasteiger partial charge on any atom is -0.462 e. The SMILES string of the molecule is CCCN(CCC)S(=O)(=O)c1ccc(C(=O)OCC2C(COC(=O)c3ccc(S(=O)(=O)N(CCC)CCC)cc3)C2(Cl)Cl)cc1. The molecule has 3 rings (SSSR count). The van der Waals surface area contributed by atoms with Crippen molar-refractivity contribution < 1.29 is 35.9 Å². The van der Waals surface area contributed by atoms with Crippen LogP contribution in [-0.2, 0) is 29.5 Å². The molecule has 0 bridgehead atoms. The van der Waals surface area contributed by atoms with E-state index in [0.717, 1.165) is 0 Å². The molecule has 2 aromatic rings. The summed E-state index contributed by atoms with van der Waals surface area (Å²) in [4.78, 5) is 25.5. The molecule has 2 aromatic carbocycles. The van der Waals surface area contributed by atoms with Crippen LogP contribution in [0.5, 0.6) is 0 Å². The van der Waals surface area contributed by atoms with Gasteiger partial charge < -0.3 is 9.47 Å². The fraction of sp³-hybridized carbons (Fsp3) is 0.548. The van der Waals surface area contributed by atoms with Crippen LogP contribution in [0.4, 0.5) is 0 Å². The molecule has 10 nitrogen and oxygen atoms in total. The van der Waals surface area contributed by atoms with E-state index in [1.807, 2.05) is 27.7 Å². The van der Waals surface area contributed by atoms with Crippen molar-refractivity contribution in [3.8, 4) is 0 Å². The van der Waals surface area contributed by atoms with Crippen LogP contribution in [0, 0.1) is 11.8 Å². The first-order valence-corrected chi connectivity index (χ1v) is 18.8. The lowest BCUT2D eigenvalue weighted by Crippen LogP contribution is -2.32. The number of sulfonamides is 2. The largest absolute Gasteiger partial charge is 0.462 e. The molecule has 1 fully saturated rings. The van der Waals surface area contributed by atoms with Crippen LogP contribution in [0.2, 0.25) is 0 Å². The highest BCUT2D eigenvalue weighted by Gasteiger charge is 2.64. The number of carbonyl (C=O) groups excluding carboxylic acids is 2. The summed E-state index contributed by atoms with van der Waals surface area (Å²) in [5, 5.41) is 0. The van der Waals surface area contributed by atoms with Gasteiger partial charge in [0.1, 0.15) is 4.33 Å². The molecule has 0 spiro atoms. The van der Waals surface area contributed by atoms with Gasteiger partial charge in [0.25, 0.3) is 0 Å². The summed E-state index contributed by atoms with van der Waals surface area (Å²) in [7, 11) is -7.36. The number of carbonyl (C=O) groups is 2. The van der Waals surface area contributed by atoms with E-state index in [1.165, 1.54) is 57.1 Å². The lowest BCUT2D eigenvalue weighted by Gasteiger charge is -2.21. The predicted molar refractivity (Wildman–Crippen MR) is 174 cm³/mol. The van der Waals surface area contributed by atoms with E-state index in [0.29, 0.717) is 51.9 Å². The molecule has 0 aliphatic heterocycles. The van der Waals surface area contributed by atoms with Crippen LogP contribution in [-0.4, -0.2) is 81.1 Å². The Morgan fingerprint density at radius 3 is 1.18 bits per heavy atom. The summed E-state index contributed by atoms with van der Waals surface area (Å²) in [6.45, 7) is 9.00. The maximum Gasteiger partial charge on any atom is 0.338 e. The van der Waals surface area contributed by atoms with Gasteiger partial charge in [0.2, 0.25) is 20.0 Å². The zero-order valence-corrected chi connectivity index (χ0v) is 29.2. The van der Waals surface area contributed by atoms with Crippen LogP contribution in [0.1, 0.15) is 74.1 Å². The third-order valence-corrected chi connectivity index (χ3v) is 12.4. The Labute approximate surface area is 277 Å². The molecule has 0 radical (unpaired) electrons. The number of ether oxygens (including phenoxy) is 2. The number of nitrogens with zero attached hydrogens (tertiary/aromatic N) is 2. The van der Waals surface area contributed by atoms with Gasteiger partial charge in [0.05, 0.1) is 34.1 Å². The van der Waals surface area contributed by atoms with Gasteiger partial charge in [0, 0.05) is 38.0 Å². The Morgan fingerprint density at radius 1 is 0.622 bits per heavy atom. The second-order valence-corrected chi connectivity index (χ2v) is 16.3. The maximum absolute atomic E-state index is 13.0. The minimum absolute atomic E-state index is 0.0942. The summed E-state index contributed by atoms with van der Waals surface area (Å²) in [6, 6.07) is 11.1. The summed E-state index contributed by atoms with van der Waals surface area (Å²) < 4.78 is 64.2. The number of esters is 2. The number of alkyl halides is 2. The first kappa shape index (κ1) is 37.2. The van der Waals surface area contributed by atoms with Crippen molar-refractivity contribution in [1.82, 2.24) is 8.61 Å². The van der Waals surface area contributed by atoms with E-state index in [1.54, 1.807) is 0 Å². The van der Waals surface area contributed by atoms with Crippen molar-refractivity contribution in [2.75, 3.05) is 39.4 Å². The number of rotatable bonds is 18. The third kappa shape index (κ3) is 8.99. The lowest BCUT2D eigenvalue weighted by atomic mass is 10.2. The molecule has 0 heterocycles. The van der Waals surface area contributed by atoms with Crippen molar-refractivity contribution in [1.29, 1.82) is 0 Å². The molecule has 14 heteroatoms. The summed E-state index contributed by atoms with van der Waals surface area (Å²) >= 11 is 12.8. The second-order valence-electron chi connectivity index (χ2n) is 10.9. The predicted octanol–water partition coefficient (Wildman–Crippen LogP) is 5.74. The molecule has 0 aromatic heterocycles. The van der Waals surface area contributed by atoms with Crippen molar-refractivity contribution in [2.24, 2.45) is 11.8 Å². The number of benzene rings is 2. The molecular weight excluding hydrogens is 663 g/mol. The first-order valence-electron chi connectivity index (χ1n) is 15.2. The highest BCUT2D eigenvalue weighted by atomic mass is 35.5. The van der Waals surface area contributed by atoms with E-state index in [2.05, 4.69) is 0 Å². The van der Waals surface area contributed by atoms with Gasteiger partial charge in [-0.2, -0.15) is 8.61 Å². The normalized spacial score (nSPS) is 17.8. The summed E-state index contributed by atoms with van der Waals surface area (Å²) in [6.07, 6.45) is 2.74. The molecule has 250 valence electrons. The molecule has 2 unspecified atom stereocenters. The average molecular weight is 706 g/mol. The monoisotopic (exact) mass is 704 g/mol. The van der Waals surface area contributed by atoms with Gasteiger partial charge in [-0.1, -0.05) is 27.7 Å². The fourth-order valence-electron chi connectivity index (χ4n) is 4.94. The minimum atomic E-state index is -3.68. The van der Waals surface area contributed by atoms with E-state index >= 15 is 0 Å². The van der Waals surface area contributed by atoms with Crippen LogP contribution in [0.3, 0.4) is 0 Å². The molecule has 1 aliphatic rings. The standard InChI is InChI=1S/C31H42Cl2N2O8S2/c1-5-17-34(18-6-2)44(38,39)25-13-9-23(10-14-25)29(36)42-21-27-28(31(27,32)33)22-43-30(37)24-11-15-26(16-12-24)45(40,41)35(19-7-3)20-8-4/h9-16,27-28H,5-8,17-22H2,1-4H3. The van der Waals surface area contributed by atoms with Gasteiger partial charge in [-0.3, -0.25) is 0 Å². The molecule has 0 amide bonds. The summed E-state index contributed by atoms with van der Waals surface area (Å²) in [5.41, 5.74) is 0.339. The molecule has 0 N–H and O–H groups in total. The Balaban J connectivity index is 1.54. The molecule has 2 atom stereocenters. The van der Waals surface area contributed by atoms with E-state index in [4.69, 9.17) is 32.7 Å². The van der Waals surface area contributed by atoms with Crippen LogP contribution >= 0.6 is 23.2 Å². The maximum atomic E-state index is 13.0. The molecule has 0 saturated heterocycles. The van der Waals surface area contributed by atoms with Crippen LogP contribution in [0.25, 0.3) is 0 Å². The number of halogens is 2. The topological polar surface area (TPSA) is 127 Å². The van der Waals surface area contributed by atoms with Gasteiger partial charge in [-0.05, 0) is 74.2 Å². The Hall–Kier alpha value is -2.22. The van der Waals surface area contributed by atoms with Gasteiger partial charge in [-0.25, -0.2) is 26.4 Å². The Morgan fingerprint density at radius 2 is 0.911 bits per heavy atom. The lowest BCUT2D eigenvalue weighted by molar-refractivity contribution is 0.0419. The zero-order chi connectivity index (χ0) is 33.4. The van der Waals surface area contributed by atoms with Gasteiger partial charge in [0.15, 0.2) is 0 Å². The smallest absolute Gasteiger partial charge is 0.338 e. The number of hydrogen-bond donors (Lipinski definition) is 0. The second kappa shape index (κ2) is 16.1. The fourth-order valence-corrected chi connectivity index (χ4v) is 8.92. The first-order chi connectivity index (χ1) is 21.2. The van der Waals surface area contributed by atoms with Crippen molar-refractivity contribution in [2.45, 2.75) is 67.5 Å². The number of hydrogen-bond acceptors (Lipinski definition) is 8. The Kier molecular flexibility index (Phi) is 13.3. The van der Waals surface area contributed by atoms with Crippen LogP contribution < -0.4 is 0 Å². The van der Waals surface area contributed by atoms with Crippen molar-refractivity contribution in [3.63, 3.8) is 0 Å². The zero-order valence-electron chi connectivity index (χ0n) is 26.1. The third-order valence-electron chi connectivity index (χ3n) is 7.50. The summed E-state index contributed by atoms with van der Waals surface area (Å²) in [5.74, 6) is -2.33. The molecular formula is C31H42Cl2N2O8S2. The van der Waals surface area contributed by atoms with Gasteiger partial charge >= 0.3 is 11.9 Å². The van der Waals surface area contributed by atoms with E-state index in [9.17, 15) is 26.4 Å². The molecule has 1 saturated carbocycles. The van der Waals surface area contributed by atoms with E-state index < -0.39 is 48.2 Å². The van der Waals surface area contributed by atoms with Crippen molar-refractivity contribution in [3.05, 3.63) is 59.7 Å². The highest BCUT2D eigenvalue weighted by molar-refractivity contribution is 7.89. The molecule has 1 aliphatic carbocycles. The Bertz CT molecular complexity index is 1390. The van der Waals surface area contributed by atoms with Crippen LogP contribution in [0.15, 0.2) is 58.3 Å². The van der Waals surface area contributed by atoms with E-state index in [-0.39, 0.29) is 34.1 Å². The molecule has 45 heavy (non-hydrogen) atoms. The van der Waals surface area contributed by atoms with Crippen molar-refractivity contribution >= 4 is 55.2 Å².